The average molecular weight is 345 g/mol. The molecule has 0 aliphatic heterocycles. The molecule has 1 rings (SSSR count). The Labute approximate surface area is 149 Å². The van der Waals surface area contributed by atoms with Crippen LogP contribution >= 0.6 is 0 Å². The molecule has 0 saturated carbocycles. The first-order valence-corrected chi connectivity index (χ1v) is 14.0. The Balaban J connectivity index is 2.97. The standard InChI is InChI=1S/C16H23OSi.2C2H5.Al/c1-7-15(13-14-11-9-8-10-12-14)17-18(5,6)16(2,3)4;2*1-2;/h8-12,15H,13H2,2-6H3;2*1H2,2H3;/t15-;;;/m1.../s1. The molecule has 1 atom stereocenters. The van der Waals surface area contributed by atoms with Crippen LogP contribution in [0.25, 0.3) is 0 Å². The largest absolute Gasteiger partial charge is 0.403 e. The van der Waals surface area contributed by atoms with Crippen molar-refractivity contribution in [3.8, 4) is 10.7 Å². The van der Waals surface area contributed by atoms with Crippen LogP contribution in [0.2, 0.25) is 28.7 Å². The first-order chi connectivity index (χ1) is 10.7. The molecule has 0 heterocycles. The molecule has 0 radical (unpaired) electrons. The topological polar surface area (TPSA) is 9.23 Å². The zero-order valence-corrected chi connectivity index (χ0v) is 18.2. The van der Waals surface area contributed by atoms with Gasteiger partial charge in [-0.15, -0.1) is 0 Å². The predicted octanol–water partition coefficient (Wildman–Crippen LogP) is 5.70. The van der Waals surface area contributed by atoms with E-state index in [-0.39, 0.29) is 11.1 Å². The number of hydrogen-bond acceptors (Lipinski definition) is 1. The fourth-order valence-corrected chi connectivity index (χ4v) is 4.80. The number of hydrogen-bond donors (Lipinski definition) is 0. The SMILES string of the molecule is C[CH2][Al]([C]#C[C@H](Cc1ccccc1)O[Si](C)(C)C(C)(C)C)[CH2]C. The van der Waals surface area contributed by atoms with Crippen molar-refractivity contribution in [1.29, 1.82) is 0 Å². The molecule has 1 aromatic rings. The third kappa shape index (κ3) is 6.86. The summed E-state index contributed by atoms with van der Waals surface area (Å²) in [5, 5.41) is 2.72. The summed E-state index contributed by atoms with van der Waals surface area (Å²) in [7, 11) is -1.80. The molecule has 126 valence electrons. The Hall–Kier alpha value is -0.511. The molecule has 0 aliphatic rings. The van der Waals surface area contributed by atoms with Crippen molar-refractivity contribution in [3.05, 3.63) is 35.9 Å². The van der Waals surface area contributed by atoms with E-state index in [2.05, 4.69) is 88.7 Å². The van der Waals surface area contributed by atoms with E-state index in [9.17, 15) is 0 Å². The van der Waals surface area contributed by atoms with Crippen LogP contribution in [0.4, 0.5) is 0 Å². The molecule has 1 aromatic carbocycles. The van der Waals surface area contributed by atoms with Crippen molar-refractivity contribution in [2.24, 2.45) is 0 Å². The Morgan fingerprint density at radius 1 is 1.09 bits per heavy atom. The van der Waals surface area contributed by atoms with Crippen LogP contribution in [-0.4, -0.2) is 28.6 Å². The summed E-state index contributed by atoms with van der Waals surface area (Å²) >= 11 is -0.892. The maximum Gasteiger partial charge on any atom is 0.375 e. The summed E-state index contributed by atoms with van der Waals surface area (Å²) in [6.45, 7) is 16.1. The summed E-state index contributed by atoms with van der Waals surface area (Å²) in [4.78, 5) is 3.60. The van der Waals surface area contributed by atoms with Crippen LogP contribution in [0.3, 0.4) is 0 Å². The van der Waals surface area contributed by atoms with E-state index in [0.29, 0.717) is 0 Å². The highest BCUT2D eigenvalue weighted by atomic mass is 28.4. The first-order valence-electron chi connectivity index (χ1n) is 8.92. The summed E-state index contributed by atoms with van der Waals surface area (Å²) < 4.78 is 6.63. The Kier molecular flexibility index (Phi) is 8.12. The molecule has 0 fully saturated rings. The number of rotatable bonds is 6. The molecule has 0 bridgehead atoms. The highest BCUT2D eigenvalue weighted by Gasteiger charge is 2.38. The molecule has 23 heavy (non-hydrogen) atoms. The summed E-state index contributed by atoms with van der Waals surface area (Å²) in [6.07, 6.45) is 0.931. The quantitative estimate of drug-likeness (QED) is 0.475. The molecular formula is C20H33AlOSi. The third-order valence-electron chi connectivity index (χ3n) is 4.94. The minimum Gasteiger partial charge on any atom is -0.403 e. The fourth-order valence-electron chi connectivity index (χ4n) is 2.19. The van der Waals surface area contributed by atoms with Gasteiger partial charge in [0.25, 0.3) is 0 Å². The van der Waals surface area contributed by atoms with E-state index in [1.54, 1.807) is 0 Å². The van der Waals surface area contributed by atoms with E-state index in [0.717, 1.165) is 6.42 Å². The van der Waals surface area contributed by atoms with E-state index in [1.165, 1.54) is 16.1 Å². The van der Waals surface area contributed by atoms with Gasteiger partial charge in [-0.2, -0.15) is 0 Å². The van der Waals surface area contributed by atoms with Gasteiger partial charge in [0, 0.05) is 6.42 Å². The van der Waals surface area contributed by atoms with Gasteiger partial charge in [0.05, 0.1) is 0 Å². The molecule has 0 saturated heterocycles. The molecular weight excluding hydrogens is 311 g/mol. The monoisotopic (exact) mass is 344 g/mol. The fraction of sp³-hybridized carbons (Fsp3) is 0.600. The lowest BCUT2D eigenvalue weighted by Gasteiger charge is -2.38. The zero-order valence-electron chi connectivity index (χ0n) is 16.1. The van der Waals surface area contributed by atoms with Crippen molar-refractivity contribution < 1.29 is 4.43 Å². The minimum atomic E-state index is -1.80. The van der Waals surface area contributed by atoms with Crippen LogP contribution in [0.1, 0.15) is 40.2 Å². The Bertz CT molecular complexity index is 518. The second-order valence-electron chi connectivity index (χ2n) is 7.86. The van der Waals surface area contributed by atoms with Crippen molar-refractivity contribution in [3.63, 3.8) is 0 Å². The van der Waals surface area contributed by atoms with Crippen molar-refractivity contribution in [2.45, 2.75) is 75.8 Å². The van der Waals surface area contributed by atoms with Gasteiger partial charge >= 0.3 is 14.1 Å². The number of benzene rings is 1. The van der Waals surface area contributed by atoms with Gasteiger partial charge < -0.3 is 4.43 Å². The van der Waals surface area contributed by atoms with E-state index in [4.69, 9.17) is 4.43 Å². The lowest BCUT2D eigenvalue weighted by Crippen LogP contribution is -2.44. The van der Waals surface area contributed by atoms with Gasteiger partial charge in [-0.25, -0.2) is 4.78 Å². The van der Waals surface area contributed by atoms with Crippen molar-refractivity contribution in [2.75, 3.05) is 0 Å². The average Bonchev–Trinajstić information content (AvgIpc) is 2.47. The molecule has 0 aliphatic carbocycles. The zero-order chi connectivity index (χ0) is 17.5. The minimum absolute atomic E-state index is 0.0337. The second-order valence-corrected chi connectivity index (χ2v) is 15.9. The lowest BCUT2D eigenvalue weighted by molar-refractivity contribution is 0.234. The summed E-state index contributed by atoms with van der Waals surface area (Å²) in [5.74, 6) is 3.52. The van der Waals surface area contributed by atoms with E-state index < -0.39 is 22.5 Å². The van der Waals surface area contributed by atoms with Gasteiger partial charge in [-0.1, -0.05) is 81.4 Å². The van der Waals surface area contributed by atoms with Gasteiger partial charge in [-0.05, 0) is 23.7 Å². The highest BCUT2D eigenvalue weighted by Crippen LogP contribution is 2.37. The first kappa shape index (κ1) is 20.5. The van der Waals surface area contributed by atoms with Crippen LogP contribution in [0.5, 0.6) is 0 Å². The molecule has 3 heteroatoms. The normalized spacial score (nSPS) is 13.2. The van der Waals surface area contributed by atoms with Gasteiger partial charge in [0.2, 0.25) is 0 Å². The summed E-state index contributed by atoms with van der Waals surface area (Å²) in [5.41, 5.74) is 1.32. The lowest BCUT2D eigenvalue weighted by atomic mass is 10.1. The molecule has 0 aromatic heterocycles. The van der Waals surface area contributed by atoms with Crippen LogP contribution in [0.15, 0.2) is 30.3 Å². The molecule has 1 nitrogen and oxygen atoms in total. The van der Waals surface area contributed by atoms with E-state index >= 15 is 0 Å². The molecule has 0 amide bonds. The highest BCUT2D eigenvalue weighted by molar-refractivity contribution is 6.74. The molecule has 0 N–H and O–H groups in total. The third-order valence-corrected chi connectivity index (χ3v) is 12.0. The van der Waals surface area contributed by atoms with Crippen LogP contribution in [0, 0.1) is 10.7 Å². The predicted molar refractivity (Wildman–Crippen MR) is 107 cm³/mol. The van der Waals surface area contributed by atoms with Crippen LogP contribution in [-0.2, 0) is 10.8 Å². The molecule has 0 spiro atoms. The van der Waals surface area contributed by atoms with Gasteiger partial charge in [0.1, 0.15) is 6.10 Å². The smallest absolute Gasteiger partial charge is 0.375 e. The second kappa shape index (κ2) is 9.10. The maximum atomic E-state index is 6.63. The van der Waals surface area contributed by atoms with E-state index in [1.807, 2.05) is 0 Å². The molecule has 0 unspecified atom stereocenters. The van der Waals surface area contributed by atoms with Crippen molar-refractivity contribution >= 4 is 22.5 Å². The van der Waals surface area contributed by atoms with Crippen molar-refractivity contribution in [1.82, 2.24) is 0 Å². The Morgan fingerprint density at radius 3 is 2.13 bits per heavy atom. The maximum absolute atomic E-state index is 6.63. The summed E-state index contributed by atoms with van der Waals surface area (Å²) in [6, 6.07) is 10.6. The van der Waals surface area contributed by atoms with Gasteiger partial charge in [-0.3, -0.25) is 0 Å². The van der Waals surface area contributed by atoms with Gasteiger partial charge in [0.15, 0.2) is 8.32 Å². The van der Waals surface area contributed by atoms with Crippen LogP contribution < -0.4 is 0 Å². The Morgan fingerprint density at radius 2 is 1.65 bits per heavy atom.